The quantitative estimate of drug-likeness (QED) is 0.0270. The summed E-state index contributed by atoms with van der Waals surface area (Å²) in [7, 11) is -39.4. The summed E-state index contributed by atoms with van der Waals surface area (Å²) in [6, 6.07) is 0. The lowest BCUT2D eigenvalue weighted by Crippen LogP contribution is -2.69. The molecule has 516 valence electrons. The average Bonchev–Trinajstić information content (AvgIpc) is 3.07. The van der Waals surface area contributed by atoms with Crippen LogP contribution in [0.5, 0.6) is 0 Å². The second-order valence-electron chi connectivity index (χ2n) is 21.0. The van der Waals surface area contributed by atoms with E-state index in [-0.39, 0.29) is 5.92 Å². The summed E-state index contributed by atoms with van der Waals surface area (Å²) in [5.41, 5.74) is 0. The van der Waals surface area contributed by atoms with Crippen LogP contribution in [0, 0.1) is 35.5 Å². The Labute approximate surface area is 503 Å². The normalized spacial score (nSPS) is 40.9. The molecule has 88 heavy (non-hydrogen) atoms. The maximum Gasteiger partial charge on any atom is 0.397 e. The van der Waals surface area contributed by atoms with E-state index in [1.165, 1.54) is 20.8 Å². The molecule has 2 bridgehead atoms. The number of ether oxygens (including phenoxy) is 11. The number of aliphatic hydroxyl groups is 1. The number of rotatable bonds is 28. The fraction of sp³-hybridized carbons (Fsp3) is 0.974. The van der Waals surface area contributed by atoms with E-state index in [1.54, 1.807) is 20.8 Å². The molecule has 25 atom stereocenters. The lowest BCUT2D eigenvalue weighted by molar-refractivity contribution is -0.429. The maximum atomic E-state index is 13.1. The highest BCUT2D eigenvalue weighted by Crippen LogP contribution is 2.48. The molecule has 0 aliphatic carbocycles. The van der Waals surface area contributed by atoms with E-state index in [2.05, 4.69) is 16.7 Å². The predicted octanol–water partition coefficient (Wildman–Crippen LogP) is -3.59. The number of carbonyl (C=O) groups is 1. The second-order valence-corrected chi connectivity index (χ2v) is 28.5. The van der Waals surface area contributed by atoms with Crippen LogP contribution in [0.25, 0.3) is 0 Å². The number of aliphatic hydroxyl groups excluding tert-OH is 1. The third-order valence-electron chi connectivity index (χ3n) is 15.4. The molecular weight excluding hydrogens is 1360 g/mol. The molecule has 0 saturated carbocycles. The zero-order valence-electron chi connectivity index (χ0n) is 46.5. The zero-order chi connectivity index (χ0) is 66.4. The smallest absolute Gasteiger partial charge is 0.397 e. The van der Waals surface area contributed by atoms with Gasteiger partial charge in [-0.15, -0.1) is 0 Å². The maximum absolute atomic E-state index is 13.1. The van der Waals surface area contributed by atoms with E-state index in [9.17, 15) is 106 Å². The molecule has 7 rings (SSSR count). The number of hydrogen-bond donors (Lipinski definition) is 9. The summed E-state index contributed by atoms with van der Waals surface area (Å²) in [6.45, 7) is 4.29. The minimum absolute atomic E-state index is 0.352. The van der Waals surface area contributed by atoms with Gasteiger partial charge in [-0.05, 0) is 24.7 Å². The van der Waals surface area contributed by atoms with Crippen molar-refractivity contribution in [1.82, 2.24) is 0 Å². The van der Waals surface area contributed by atoms with Crippen LogP contribution in [0.15, 0.2) is 0 Å². The summed E-state index contributed by atoms with van der Waals surface area (Å²) < 4.78 is 337. The Morgan fingerprint density at radius 2 is 0.864 bits per heavy atom. The van der Waals surface area contributed by atoms with Gasteiger partial charge in [0.25, 0.3) is 0 Å². The topological polar surface area (TPSA) is 604 Å². The highest BCUT2D eigenvalue weighted by molar-refractivity contribution is 7.82. The van der Waals surface area contributed by atoms with Gasteiger partial charge in [0, 0.05) is 24.2 Å². The van der Waals surface area contributed by atoms with Gasteiger partial charge in [-0.25, -0.2) is 34.1 Å². The van der Waals surface area contributed by atoms with Gasteiger partial charge >= 0.3 is 78.8 Å². The minimum atomic E-state index is -6.02. The second kappa shape index (κ2) is 28.6. The first-order chi connectivity index (χ1) is 40.1. The molecule has 0 spiro atoms. The first-order valence-corrected chi connectivity index (χ1v) is 35.1. The summed E-state index contributed by atoms with van der Waals surface area (Å²) >= 11 is 0. The van der Waals surface area contributed by atoms with Crippen LogP contribution in [0.3, 0.4) is 0 Å². The van der Waals surface area contributed by atoms with Crippen LogP contribution >= 0.6 is 0 Å². The molecule has 42 nitrogen and oxygen atoms in total. The van der Waals surface area contributed by atoms with Crippen molar-refractivity contribution in [2.24, 2.45) is 35.5 Å². The molecule has 7 saturated heterocycles. The lowest BCUT2D eigenvalue weighted by atomic mass is 9.78. The number of carboxylic acid groups (broad SMARTS) is 1. The molecule has 7 aliphatic heterocycles. The van der Waals surface area contributed by atoms with Crippen molar-refractivity contribution < 1.29 is 187 Å². The molecule has 0 aromatic rings. The molecule has 11 unspecified atom stereocenters. The van der Waals surface area contributed by atoms with Crippen molar-refractivity contribution in [3.8, 4) is 0 Å². The van der Waals surface area contributed by atoms with E-state index in [4.69, 9.17) is 64.7 Å². The molecule has 0 amide bonds. The van der Waals surface area contributed by atoms with Crippen LogP contribution in [-0.2, 0) is 159 Å². The molecule has 0 radical (unpaired) electrons. The largest absolute Gasteiger partial charge is 0.479 e. The van der Waals surface area contributed by atoms with Crippen molar-refractivity contribution in [2.75, 3.05) is 33.2 Å². The molecule has 9 N–H and O–H groups in total. The lowest BCUT2D eigenvalue weighted by Gasteiger charge is -2.53. The monoisotopic (exact) mass is 1430 g/mol. The SMILES string of the molecule is CC1C(C)[C@H](C)[C@H](COS(=O)(=O)O)O[C@@H]1O[C@H]1C(C)C(C)[C@H](OC2C(COS(=O)(=O)O)O[C@@H](OC3[C@H](C)[C@H]4OCCC3(OCO)O[C@H]4O[C@H]3C(OS(=O)(=O)O)C(OS(=O)(=O)O)[C@@H](C)O[C@H]3COS(=O)(=O)O)C(OS(=O)(=O)O)[C@H]2OS(=O)(=O)O)O[C@H]1C(=O)O. The fourth-order valence-electron chi connectivity index (χ4n) is 10.9. The number of hydrogen-bond acceptors (Lipinski definition) is 34. The average molecular weight is 1430 g/mol. The fourth-order valence-corrected chi connectivity index (χ4v) is 13.8. The van der Waals surface area contributed by atoms with Crippen LogP contribution in [-0.4, -0.2) is 257 Å². The van der Waals surface area contributed by atoms with Crippen LogP contribution < -0.4 is 0 Å². The predicted molar refractivity (Wildman–Crippen MR) is 271 cm³/mol. The van der Waals surface area contributed by atoms with Crippen molar-refractivity contribution in [3.05, 3.63) is 0 Å². The van der Waals surface area contributed by atoms with Gasteiger partial charge in [-0.2, -0.15) is 58.9 Å². The van der Waals surface area contributed by atoms with Gasteiger partial charge in [0.2, 0.25) is 5.79 Å². The molecular formula is C39H66O42S7. The Kier molecular flexibility index (Phi) is 24.4. The van der Waals surface area contributed by atoms with E-state index in [0.29, 0.717) is 0 Å². The van der Waals surface area contributed by atoms with Crippen molar-refractivity contribution in [1.29, 1.82) is 0 Å². The molecule has 7 aliphatic rings. The van der Waals surface area contributed by atoms with Gasteiger partial charge in [-0.1, -0.05) is 41.5 Å². The van der Waals surface area contributed by atoms with E-state index < -0.39 is 264 Å². The standard InChI is InChI=1S/C39H66O42S7/c1-14-15(2)21(10-66-82(43,44)45)70-35(17(14)4)72-24-16(3)18(5)36(75-31(24)34(41)42)73-28-23(12-68-84(49,50)51)71-37(32(81-88(61,62)63)30(28)80-87(58,59)60)76-33-19(6)25-38(77-39(33,65-13-40)8-9-64-25)74-27-22(11-67-83(46,47)48)69-20(7)26(78-85(52,53)54)29(27)79-86(55,56)57/h14-33,35-38,40H,8-13H2,1-7H3,(H,41,42)(H,43,44,45)(H,46,47,48)(H,49,50,51)(H,52,53,54)(H,55,56,57)(H,58,59,60)(H,61,62,63)/t14?,15-,16?,17?,18?,19+,20+,21-,22-,23?,24-,25+,26?,27+,28?,29?,30-,31+,32?,33?,35+,36+,37-,38+,39?/m0/s1. The van der Waals surface area contributed by atoms with Gasteiger partial charge in [0.05, 0.1) is 38.6 Å². The Bertz CT molecular complexity index is 3230. The molecule has 0 aromatic carbocycles. The summed E-state index contributed by atoms with van der Waals surface area (Å²) in [5.74, 6) is -9.69. The summed E-state index contributed by atoms with van der Waals surface area (Å²) in [5, 5.41) is 20.9. The highest BCUT2D eigenvalue weighted by atomic mass is 32.3. The molecule has 7 fully saturated rings. The third-order valence-corrected chi connectivity index (χ3v) is 18.5. The summed E-state index contributed by atoms with van der Waals surface area (Å²) in [4.78, 5) is 13.1. The highest BCUT2D eigenvalue weighted by Gasteiger charge is 2.64. The van der Waals surface area contributed by atoms with Crippen LogP contribution in [0.1, 0.15) is 54.9 Å². The Hall–Kier alpha value is -1.92. The number of fused-ring (bicyclic) bond motifs is 4. The Morgan fingerprint density at radius 3 is 1.35 bits per heavy atom. The van der Waals surface area contributed by atoms with E-state index >= 15 is 0 Å². The van der Waals surface area contributed by atoms with Gasteiger partial charge < -0.3 is 62.3 Å². The summed E-state index contributed by atoms with van der Waals surface area (Å²) in [6.07, 6.45) is -39.4. The zero-order valence-corrected chi connectivity index (χ0v) is 52.2. The van der Waals surface area contributed by atoms with E-state index in [1.807, 2.05) is 0 Å². The number of aliphatic carboxylic acids is 1. The van der Waals surface area contributed by atoms with Crippen molar-refractivity contribution in [2.45, 2.75) is 171 Å². The van der Waals surface area contributed by atoms with Gasteiger partial charge in [0.1, 0.15) is 67.8 Å². The molecule has 49 heteroatoms. The van der Waals surface area contributed by atoms with E-state index in [0.717, 1.165) is 6.92 Å². The number of carboxylic acids is 1. The first kappa shape index (κ1) is 75.1. The first-order valence-electron chi connectivity index (χ1n) is 25.6. The van der Waals surface area contributed by atoms with Gasteiger partial charge in [-0.3, -0.25) is 31.9 Å². The molecule has 7 heterocycles. The molecule has 0 aromatic heterocycles. The van der Waals surface area contributed by atoms with Crippen LogP contribution in [0.4, 0.5) is 0 Å². The Balaban J connectivity index is 1.39. The van der Waals surface area contributed by atoms with Gasteiger partial charge in [0.15, 0.2) is 37.4 Å². The van der Waals surface area contributed by atoms with Crippen molar-refractivity contribution in [3.63, 3.8) is 0 Å². The Morgan fingerprint density at radius 1 is 0.443 bits per heavy atom. The van der Waals surface area contributed by atoms with Crippen LogP contribution in [0.2, 0.25) is 0 Å². The third kappa shape index (κ3) is 20.1. The van der Waals surface area contributed by atoms with Crippen molar-refractivity contribution >= 4 is 78.8 Å². The minimum Gasteiger partial charge on any atom is -0.479 e.